The molecule has 0 aromatic heterocycles. The number of hydrogen-bond donors (Lipinski definition) is 1. The van der Waals surface area contributed by atoms with E-state index >= 15 is 0 Å². The maximum absolute atomic E-state index is 13.1. The molecule has 0 bridgehead atoms. The molecule has 1 aliphatic heterocycles. The Balaban J connectivity index is 2.14. The van der Waals surface area contributed by atoms with Gasteiger partial charge in [-0.2, -0.15) is 0 Å². The van der Waals surface area contributed by atoms with Gasteiger partial charge in [0.25, 0.3) is 11.7 Å². The summed E-state index contributed by atoms with van der Waals surface area (Å²) in [6.45, 7) is 5.26. The second kappa shape index (κ2) is 11.6. The molecule has 0 radical (unpaired) electrons. The van der Waals surface area contributed by atoms with Crippen LogP contribution in [0.4, 0.5) is 0 Å². The third kappa shape index (κ3) is 5.17. The van der Waals surface area contributed by atoms with Crippen molar-refractivity contribution in [1.29, 1.82) is 0 Å². The lowest BCUT2D eigenvalue weighted by Gasteiger charge is -2.25. The van der Waals surface area contributed by atoms with Crippen LogP contribution >= 0.6 is 0 Å². The molecular formula is C26H31NO7. The van der Waals surface area contributed by atoms with Crippen LogP contribution in [0.1, 0.15) is 37.4 Å². The summed E-state index contributed by atoms with van der Waals surface area (Å²) >= 11 is 0. The van der Waals surface area contributed by atoms with Crippen molar-refractivity contribution in [2.75, 3.05) is 40.6 Å². The summed E-state index contributed by atoms with van der Waals surface area (Å²) in [5, 5.41) is 11.2. The maximum atomic E-state index is 13.1. The topological polar surface area (TPSA) is 94.5 Å². The first-order valence-electron chi connectivity index (χ1n) is 11.3. The lowest BCUT2D eigenvalue weighted by molar-refractivity contribution is -0.140. The van der Waals surface area contributed by atoms with Crippen LogP contribution in [-0.4, -0.2) is 62.3 Å². The second-order valence-electron chi connectivity index (χ2n) is 7.70. The number of benzene rings is 2. The molecular weight excluding hydrogens is 438 g/mol. The SMILES string of the molecule is CCCOc1cccc(/C(O)=C2/C(=O)C(=O)N(CCOC)C2c2ccc(OCC)c(OC)c2)c1. The minimum atomic E-state index is -0.819. The smallest absolute Gasteiger partial charge is 0.295 e. The molecule has 1 fully saturated rings. The number of carbonyl (C=O) groups is 2. The van der Waals surface area contributed by atoms with Crippen LogP contribution in [0.25, 0.3) is 5.76 Å². The highest BCUT2D eigenvalue weighted by Gasteiger charge is 2.46. The highest BCUT2D eigenvalue weighted by atomic mass is 16.5. The van der Waals surface area contributed by atoms with E-state index in [1.807, 2.05) is 13.8 Å². The van der Waals surface area contributed by atoms with E-state index in [4.69, 9.17) is 18.9 Å². The van der Waals surface area contributed by atoms with Gasteiger partial charge in [0.15, 0.2) is 11.5 Å². The molecule has 1 amide bonds. The summed E-state index contributed by atoms with van der Waals surface area (Å²) in [6.07, 6.45) is 0.834. The van der Waals surface area contributed by atoms with Gasteiger partial charge in [0.05, 0.1) is 38.5 Å². The average Bonchev–Trinajstić information content (AvgIpc) is 3.11. The van der Waals surface area contributed by atoms with Crippen LogP contribution in [0.2, 0.25) is 0 Å². The Morgan fingerprint density at radius 2 is 1.79 bits per heavy atom. The number of ketones is 1. The first kappa shape index (κ1) is 25.1. The summed E-state index contributed by atoms with van der Waals surface area (Å²) in [7, 11) is 3.04. The van der Waals surface area contributed by atoms with E-state index in [-0.39, 0.29) is 24.5 Å². The number of aliphatic hydroxyl groups excluding tert-OH is 1. The predicted molar refractivity (Wildman–Crippen MR) is 127 cm³/mol. The lowest BCUT2D eigenvalue weighted by Crippen LogP contribution is -2.32. The van der Waals surface area contributed by atoms with Crippen molar-refractivity contribution in [2.24, 2.45) is 0 Å². The fourth-order valence-electron chi connectivity index (χ4n) is 3.88. The molecule has 1 N–H and O–H groups in total. The Bertz CT molecular complexity index is 1060. The van der Waals surface area contributed by atoms with E-state index in [0.29, 0.717) is 41.6 Å². The molecule has 0 saturated carbocycles. The Labute approximate surface area is 199 Å². The molecule has 1 atom stereocenters. The van der Waals surface area contributed by atoms with E-state index in [1.54, 1.807) is 42.5 Å². The zero-order valence-electron chi connectivity index (χ0n) is 20.0. The first-order valence-corrected chi connectivity index (χ1v) is 11.3. The molecule has 1 aliphatic rings. The van der Waals surface area contributed by atoms with Gasteiger partial charge in [-0.15, -0.1) is 0 Å². The number of rotatable bonds is 11. The van der Waals surface area contributed by atoms with Gasteiger partial charge >= 0.3 is 0 Å². The van der Waals surface area contributed by atoms with Gasteiger partial charge in [0.1, 0.15) is 11.5 Å². The van der Waals surface area contributed by atoms with E-state index in [1.165, 1.54) is 19.1 Å². The Morgan fingerprint density at radius 1 is 1.00 bits per heavy atom. The second-order valence-corrected chi connectivity index (χ2v) is 7.70. The third-order valence-corrected chi connectivity index (χ3v) is 5.46. The van der Waals surface area contributed by atoms with Crippen molar-refractivity contribution in [2.45, 2.75) is 26.3 Å². The molecule has 8 nitrogen and oxygen atoms in total. The van der Waals surface area contributed by atoms with Crippen molar-refractivity contribution in [3.8, 4) is 17.2 Å². The van der Waals surface area contributed by atoms with Crippen molar-refractivity contribution in [1.82, 2.24) is 4.90 Å². The minimum absolute atomic E-state index is 0.0000393. The highest BCUT2D eigenvalue weighted by Crippen LogP contribution is 2.42. The normalized spacial score (nSPS) is 17.2. The van der Waals surface area contributed by atoms with Crippen LogP contribution < -0.4 is 14.2 Å². The van der Waals surface area contributed by atoms with Gasteiger partial charge in [-0.05, 0) is 43.2 Å². The molecule has 1 heterocycles. The number of nitrogens with zero attached hydrogens (tertiary/aromatic N) is 1. The number of amides is 1. The van der Waals surface area contributed by atoms with Crippen molar-refractivity contribution < 1.29 is 33.6 Å². The number of ether oxygens (including phenoxy) is 4. The Kier molecular flexibility index (Phi) is 8.54. The standard InChI is InChI=1S/C26H31NO7/c1-5-13-34-19-9-7-8-18(15-19)24(28)22-23(27(12-14-31-3)26(30)25(22)29)17-10-11-20(33-6-2)21(16-17)32-4/h7-11,15-16,23,28H,5-6,12-14H2,1-4H3/b24-22-. The van der Waals surface area contributed by atoms with E-state index in [0.717, 1.165) is 6.42 Å². The van der Waals surface area contributed by atoms with Gasteiger partial charge in [-0.3, -0.25) is 9.59 Å². The number of hydrogen-bond acceptors (Lipinski definition) is 7. The quantitative estimate of drug-likeness (QED) is 0.302. The largest absolute Gasteiger partial charge is 0.507 e. The number of methoxy groups -OCH3 is 2. The fraction of sp³-hybridized carbons (Fsp3) is 0.385. The lowest BCUT2D eigenvalue weighted by atomic mass is 9.95. The minimum Gasteiger partial charge on any atom is -0.507 e. The molecule has 0 spiro atoms. The van der Waals surface area contributed by atoms with Gasteiger partial charge in [-0.25, -0.2) is 0 Å². The van der Waals surface area contributed by atoms with Crippen LogP contribution in [0.3, 0.4) is 0 Å². The van der Waals surface area contributed by atoms with Crippen molar-refractivity contribution >= 4 is 17.4 Å². The van der Waals surface area contributed by atoms with E-state index in [2.05, 4.69) is 0 Å². The maximum Gasteiger partial charge on any atom is 0.295 e. The average molecular weight is 470 g/mol. The molecule has 8 heteroatoms. The molecule has 182 valence electrons. The molecule has 34 heavy (non-hydrogen) atoms. The summed E-state index contributed by atoms with van der Waals surface area (Å²) in [5.41, 5.74) is 0.997. The number of likely N-dealkylation sites (tertiary alicyclic amines) is 1. The van der Waals surface area contributed by atoms with Gasteiger partial charge in [-0.1, -0.05) is 25.1 Å². The zero-order valence-corrected chi connectivity index (χ0v) is 20.0. The molecule has 3 rings (SSSR count). The zero-order chi connectivity index (χ0) is 24.7. The molecule has 2 aromatic rings. The summed E-state index contributed by atoms with van der Waals surface area (Å²) in [6, 6.07) is 11.2. The van der Waals surface area contributed by atoms with E-state index in [9.17, 15) is 14.7 Å². The summed E-state index contributed by atoms with van der Waals surface area (Å²) in [5.74, 6) is -0.145. The van der Waals surface area contributed by atoms with E-state index < -0.39 is 17.7 Å². The predicted octanol–water partition coefficient (Wildman–Crippen LogP) is 3.95. The Hall–Kier alpha value is -3.52. The summed E-state index contributed by atoms with van der Waals surface area (Å²) < 4.78 is 21.9. The van der Waals surface area contributed by atoms with Crippen LogP contribution in [0, 0.1) is 0 Å². The molecule has 1 saturated heterocycles. The van der Waals surface area contributed by atoms with Gasteiger partial charge in [0, 0.05) is 19.2 Å². The molecule has 1 unspecified atom stereocenters. The summed E-state index contributed by atoms with van der Waals surface area (Å²) in [4.78, 5) is 27.5. The van der Waals surface area contributed by atoms with Crippen LogP contribution in [-0.2, 0) is 14.3 Å². The Morgan fingerprint density at radius 3 is 2.47 bits per heavy atom. The highest BCUT2D eigenvalue weighted by molar-refractivity contribution is 6.46. The fourth-order valence-corrected chi connectivity index (χ4v) is 3.88. The van der Waals surface area contributed by atoms with Gasteiger partial charge < -0.3 is 29.0 Å². The van der Waals surface area contributed by atoms with Crippen LogP contribution in [0.5, 0.6) is 17.2 Å². The number of Topliss-reactive ketones (excluding diaryl/α,β-unsaturated/α-hetero) is 1. The van der Waals surface area contributed by atoms with Crippen LogP contribution in [0.15, 0.2) is 48.0 Å². The monoisotopic (exact) mass is 469 g/mol. The number of aliphatic hydroxyl groups is 1. The third-order valence-electron chi connectivity index (χ3n) is 5.46. The molecule has 2 aromatic carbocycles. The first-order chi connectivity index (χ1) is 16.5. The number of carbonyl (C=O) groups excluding carboxylic acids is 2. The van der Waals surface area contributed by atoms with Crippen molar-refractivity contribution in [3.05, 3.63) is 59.2 Å². The molecule has 0 aliphatic carbocycles. The van der Waals surface area contributed by atoms with Gasteiger partial charge in [0.2, 0.25) is 0 Å². The van der Waals surface area contributed by atoms with Crippen molar-refractivity contribution in [3.63, 3.8) is 0 Å².